The smallest absolute Gasteiger partial charge is 0.153 e. The van der Waals surface area contributed by atoms with E-state index in [4.69, 9.17) is 23.2 Å². The Hall–Kier alpha value is -0.580. The van der Waals surface area contributed by atoms with Crippen LogP contribution in [0.1, 0.15) is 6.42 Å². The molecular weight excluding hydrogens is 225 g/mol. The summed E-state index contributed by atoms with van der Waals surface area (Å²) in [5.41, 5.74) is 0. The number of halogens is 2. The Labute approximate surface area is 91.5 Å². The molecule has 2 rings (SSSR count). The zero-order chi connectivity index (χ0) is 10.1. The van der Waals surface area contributed by atoms with Gasteiger partial charge in [0.25, 0.3) is 0 Å². The predicted molar refractivity (Wildman–Crippen MR) is 54.9 cm³/mol. The van der Waals surface area contributed by atoms with Crippen LogP contribution in [0.2, 0.25) is 10.2 Å². The summed E-state index contributed by atoms with van der Waals surface area (Å²) < 4.78 is 0. The second-order valence-corrected chi connectivity index (χ2v) is 3.93. The van der Waals surface area contributed by atoms with Crippen LogP contribution in [0, 0.1) is 0 Å². The molecule has 0 aromatic carbocycles. The molecule has 14 heavy (non-hydrogen) atoms. The number of anilines is 1. The lowest BCUT2D eigenvalue weighted by Crippen LogP contribution is -2.22. The number of rotatable bonds is 1. The van der Waals surface area contributed by atoms with Crippen LogP contribution in [-0.2, 0) is 0 Å². The number of hydrogen-bond acceptors (Lipinski definition) is 4. The van der Waals surface area contributed by atoms with Gasteiger partial charge in [-0.15, -0.1) is 0 Å². The molecule has 0 spiro atoms. The first-order chi connectivity index (χ1) is 6.68. The average molecular weight is 234 g/mol. The lowest BCUT2D eigenvalue weighted by molar-refractivity contribution is 0.198. The molecule has 2 heterocycles. The number of hydrogen-bond donors (Lipinski definition) is 1. The van der Waals surface area contributed by atoms with Crippen LogP contribution in [0.15, 0.2) is 6.33 Å². The third-order valence-electron chi connectivity index (χ3n) is 2.19. The van der Waals surface area contributed by atoms with Gasteiger partial charge in [0.1, 0.15) is 11.3 Å². The van der Waals surface area contributed by atoms with Crippen molar-refractivity contribution in [1.29, 1.82) is 0 Å². The summed E-state index contributed by atoms with van der Waals surface area (Å²) in [7, 11) is 0. The van der Waals surface area contributed by atoms with Crippen molar-refractivity contribution in [3.05, 3.63) is 16.5 Å². The van der Waals surface area contributed by atoms with Crippen LogP contribution in [0.4, 0.5) is 5.82 Å². The minimum atomic E-state index is -0.306. The zero-order valence-corrected chi connectivity index (χ0v) is 8.83. The molecule has 4 nitrogen and oxygen atoms in total. The number of aliphatic hydroxyl groups excluding tert-OH is 1. The van der Waals surface area contributed by atoms with Crippen molar-refractivity contribution in [1.82, 2.24) is 9.97 Å². The van der Waals surface area contributed by atoms with E-state index in [1.807, 2.05) is 4.90 Å². The summed E-state index contributed by atoms with van der Waals surface area (Å²) in [5, 5.41) is 9.96. The van der Waals surface area contributed by atoms with Crippen molar-refractivity contribution >= 4 is 29.0 Å². The highest BCUT2D eigenvalue weighted by Gasteiger charge is 2.24. The largest absolute Gasteiger partial charge is 0.391 e. The normalized spacial score (nSPS) is 21.6. The molecule has 1 aliphatic rings. The van der Waals surface area contributed by atoms with Crippen LogP contribution in [0.25, 0.3) is 0 Å². The molecule has 0 unspecified atom stereocenters. The van der Waals surface area contributed by atoms with Crippen molar-refractivity contribution < 1.29 is 5.11 Å². The number of aliphatic hydroxyl groups is 1. The van der Waals surface area contributed by atoms with Crippen LogP contribution >= 0.6 is 23.2 Å². The maximum atomic E-state index is 9.36. The lowest BCUT2D eigenvalue weighted by Gasteiger charge is -2.17. The van der Waals surface area contributed by atoms with Gasteiger partial charge < -0.3 is 10.0 Å². The molecule has 0 radical (unpaired) electrons. The topological polar surface area (TPSA) is 49.2 Å². The molecule has 1 atom stereocenters. The summed E-state index contributed by atoms with van der Waals surface area (Å²) in [4.78, 5) is 9.71. The molecule has 0 aliphatic carbocycles. The monoisotopic (exact) mass is 233 g/mol. The Morgan fingerprint density at radius 1 is 1.43 bits per heavy atom. The standard InChI is InChI=1S/C8H9Cl2N3O/c9-6-7(10)11-4-12-8(6)13-2-1-5(14)3-13/h4-5,14H,1-3H2/t5-/m0/s1. The minimum absolute atomic E-state index is 0.248. The fourth-order valence-corrected chi connectivity index (χ4v) is 1.84. The van der Waals surface area contributed by atoms with Gasteiger partial charge in [-0.3, -0.25) is 0 Å². The number of nitrogens with zero attached hydrogens (tertiary/aromatic N) is 3. The van der Waals surface area contributed by atoms with E-state index in [-0.39, 0.29) is 11.3 Å². The Morgan fingerprint density at radius 3 is 2.86 bits per heavy atom. The Kier molecular flexibility index (Phi) is 2.76. The molecular formula is C8H9Cl2N3O. The summed E-state index contributed by atoms with van der Waals surface area (Å²) in [5.74, 6) is 0.600. The first kappa shape index (κ1) is 9.96. The van der Waals surface area contributed by atoms with Crippen LogP contribution < -0.4 is 4.90 Å². The molecule has 1 fully saturated rings. The molecule has 1 saturated heterocycles. The van der Waals surface area contributed by atoms with Gasteiger partial charge in [0.15, 0.2) is 11.0 Å². The van der Waals surface area contributed by atoms with Gasteiger partial charge in [0.05, 0.1) is 6.10 Å². The molecule has 1 aromatic rings. The van der Waals surface area contributed by atoms with E-state index in [9.17, 15) is 5.11 Å². The van der Waals surface area contributed by atoms with E-state index in [0.29, 0.717) is 17.4 Å². The van der Waals surface area contributed by atoms with E-state index in [0.717, 1.165) is 13.0 Å². The maximum absolute atomic E-state index is 9.36. The Balaban J connectivity index is 2.28. The molecule has 76 valence electrons. The van der Waals surface area contributed by atoms with E-state index in [1.54, 1.807) is 0 Å². The van der Waals surface area contributed by atoms with E-state index < -0.39 is 0 Å². The zero-order valence-electron chi connectivity index (χ0n) is 7.32. The fourth-order valence-electron chi connectivity index (χ4n) is 1.49. The van der Waals surface area contributed by atoms with Gasteiger partial charge >= 0.3 is 0 Å². The second kappa shape index (κ2) is 3.88. The second-order valence-electron chi connectivity index (χ2n) is 3.19. The van der Waals surface area contributed by atoms with E-state index >= 15 is 0 Å². The quantitative estimate of drug-likeness (QED) is 0.745. The van der Waals surface area contributed by atoms with Crippen molar-refractivity contribution in [2.45, 2.75) is 12.5 Å². The molecule has 1 N–H and O–H groups in total. The van der Waals surface area contributed by atoms with Crippen LogP contribution in [-0.4, -0.2) is 34.3 Å². The first-order valence-corrected chi connectivity index (χ1v) is 5.03. The van der Waals surface area contributed by atoms with Crippen molar-refractivity contribution in [2.75, 3.05) is 18.0 Å². The summed E-state index contributed by atoms with van der Waals surface area (Å²) in [6, 6.07) is 0. The molecule has 0 amide bonds. The molecule has 6 heteroatoms. The summed E-state index contributed by atoms with van der Waals surface area (Å²) in [6.07, 6.45) is 1.80. The van der Waals surface area contributed by atoms with Crippen LogP contribution in [0.3, 0.4) is 0 Å². The summed E-state index contributed by atoms with van der Waals surface area (Å²) >= 11 is 11.7. The van der Waals surface area contributed by atoms with E-state index in [2.05, 4.69) is 9.97 Å². The Bertz CT molecular complexity index is 347. The van der Waals surface area contributed by atoms with Gasteiger partial charge in [0.2, 0.25) is 0 Å². The van der Waals surface area contributed by atoms with Crippen molar-refractivity contribution in [3.8, 4) is 0 Å². The third kappa shape index (κ3) is 1.78. The molecule has 1 aromatic heterocycles. The number of β-amino-alcohol motifs (C(OH)–C–C–N with tert-alkyl or cyclic N) is 1. The van der Waals surface area contributed by atoms with Gasteiger partial charge in [0, 0.05) is 13.1 Å². The average Bonchev–Trinajstić information content (AvgIpc) is 2.57. The summed E-state index contributed by atoms with van der Waals surface area (Å²) in [6.45, 7) is 1.29. The highest BCUT2D eigenvalue weighted by atomic mass is 35.5. The minimum Gasteiger partial charge on any atom is -0.391 e. The fraction of sp³-hybridized carbons (Fsp3) is 0.500. The van der Waals surface area contributed by atoms with Gasteiger partial charge in [-0.2, -0.15) is 0 Å². The van der Waals surface area contributed by atoms with Gasteiger partial charge in [-0.1, -0.05) is 23.2 Å². The molecule has 1 aliphatic heterocycles. The van der Waals surface area contributed by atoms with E-state index in [1.165, 1.54) is 6.33 Å². The predicted octanol–water partition coefficient (Wildman–Crippen LogP) is 1.35. The highest BCUT2D eigenvalue weighted by Crippen LogP contribution is 2.30. The highest BCUT2D eigenvalue weighted by molar-refractivity contribution is 6.42. The molecule has 0 saturated carbocycles. The van der Waals surface area contributed by atoms with Crippen molar-refractivity contribution in [3.63, 3.8) is 0 Å². The maximum Gasteiger partial charge on any atom is 0.153 e. The van der Waals surface area contributed by atoms with Gasteiger partial charge in [-0.05, 0) is 6.42 Å². The van der Waals surface area contributed by atoms with Crippen LogP contribution in [0.5, 0.6) is 0 Å². The Morgan fingerprint density at radius 2 is 2.21 bits per heavy atom. The van der Waals surface area contributed by atoms with Crippen molar-refractivity contribution in [2.24, 2.45) is 0 Å². The number of aromatic nitrogens is 2. The lowest BCUT2D eigenvalue weighted by atomic mass is 10.3. The third-order valence-corrected chi connectivity index (χ3v) is 2.92. The van der Waals surface area contributed by atoms with Gasteiger partial charge in [-0.25, -0.2) is 9.97 Å². The SMILES string of the molecule is O[C@H]1CCN(c2ncnc(Cl)c2Cl)C1. The first-order valence-electron chi connectivity index (χ1n) is 4.27. The molecule has 0 bridgehead atoms.